The summed E-state index contributed by atoms with van der Waals surface area (Å²) in [5, 5.41) is 10.5. The fourth-order valence-electron chi connectivity index (χ4n) is 2.47. The molecule has 0 aromatic carbocycles. The van der Waals surface area contributed by atoms with Crippen LogP contribution in [-0.2, 0) is 4.74 Å². The maximum Gasteiger partial charge on any atom is 0.324 e. The smallest absolute Gasteiger partial charge is 0.324 e. The maximum atomic E-state index is 11.7. The van der Waals surface area contributed by atoms with E-state index < -0.39 is 5.54 Å². The van der Waals surface area contributed by atoms with Gasteiger partial charge in [0, 0.05) is 19.4 Å². The monoisotopic (exact) mass is 221 g/mol. The highest BCUT2D eigenvalue weighted by Crippen LogP contribution is 2.34. The molecule has 16 heavy (non-hydrogen) atoms. The molecule has 2 atom stereocenters. The predicted octanol–water partition coefficient (Wildman–Crippen LogP) is 0.560. The molecule has 0 aromatic rings. The number of nitrogens with zero attached hydrogens (tertiary/aromatic N) is 1. The van der Waals surface area contributed by atoms with Crippen molar-refractivity contribution < 1.29 is 9.53 Å². The van der Waals surface area contributed by atoms with E-state index in [4.69, 9.17) is 16.6 Å². The van der Waals surface area contributed by atoms with E-state index in [-0.39, 0.29) is 24.5 Å². The first kappa shape index (κ1) is 11.0. The summed E-state index contributed by atoms with van der Waals surface area (Å²) in [7, 11) is 0. The van der Waals surface area contributed by atoms with E-state index in [0.29, 0.717) is 19.4 Å². The lowest BCUT2D eigenvalue weighted by molar-refractivity contribution is -0.0204. The van der Waals surface area contributed by atoms with Gasteiger partial charge in [-0.15, -0.1) is 6.42 Å². The van der Waals surface area contributed by atoms with Crippen LogP contribution in [0.2, 0.25) is 0 Å². The van der Waals surface area contributed by atoms with Gasteiger partial charge in [-0.2, -0.15) is 0 Å². The van der Waals surface area contributed by atoms with Crippen LogP contribution in [0.15, 0.2) is 0 Å². The number of rotatable bonds is 1. The van der Waals surface area contributed by atoms with Crippen LogP contribution in [0.25, 0.3) is 0 Å². The maximum absolute atomic E-state index is 11.7. The Morgan fingerprint density at radius 3 is 3.19 bits per heavy atom. The summed E-state index contributed by atoms with van der Waals surface area (Å²) < 4.78 is 5.46. The number of carbonyl (C=O) groups excluding carboxylic acids is 1. The first-order valence-electron chi connectivity index (χ1n) is 5.33. The molecule has 86 valence electrons. The number of terminal acetylenes is 1. The Kier molecular flexibility index (Phi) is 2.60. The van der Waals surface area contributed by atoms with E-state index >= 15 is 0 Å². The van der Waals surface area contributed by atoms with Crippen LogP contribution in [0.4, 0.5) is 4.79 Å². The molecule has 2 rings (SSSR count). The summed E-state index contributed by atoms with van der Waals surface area (Å²) in [6.07, 6.45) is 6.58. The Balaban J connectivity index is 2.31. The van der Waals surface area contributed by atoms with Gasteiger partial charge in [-0.05, 0) is 6.92 Å². The largest absolute Gasteiger partial charge is 0.378 e. The van der Waals surface area contributed by atoms with Crippen LogP contribution in [0.3, 0.4) is 0 Å². The Bertz CT molecular complexity index is 374. The minimum atomic E-state index is -0.568. The van der Waals surface area contributed by atoms with Gasteiger partial charge in [-0.1, -0.05) is 5.92 Å². The van der Waals surface area contributed by atoms with Crippen molar-refractivity contribution in [2.45, 2.75) is 31.4 Å². The molecule has 0 aromatic heterocycles. The van der Waals surface area contributed by atoms with Gasteiger partial charge in [0.1, 0.15) is 11.4 Å². The van der Waals surface area contributed by atoms with Gasteiger partial charge in [0.05, 0.1) is 12.6 Å². The standard InChI is InChI=1S/C11H15N3O2/c1-3-5-14-10(15)13-9(12)11(14)4-6-16-8(2)7-11/h1,8H,4-7H2,2H3,(H2,12,13,15). The molecule has 5 nitrogen and oxygen atoms in total. The van der Waals surface area contributed by atoms with E-state index in [1.807, 2.05) is 6.92 Å². The van der Waals surface area contributed by atoms with Crippen LogP contribution in [0.1, 0.15) is 19.8 Å². The van der Waals surface area contributed by atoms with Crippen molar-refractivity contribution in [1.82, 2.24) is 10.2 Å². The first-order chi connectivity index (χ1) is 7.60. The van der Waals surface area contributed by atoms with Gasteiger partial charge in [0.25, 0.3) is 0 Å². The van der Waals surface area contributed by atoms with E-state index in [1.165, 1.54) is 0 Å². The van der Waals surface area contributed by atoms with Crippen molar-refractivity contribution in [2.75, 3.05) is 13.2 Å². The van der Waals surface area contributed by atoms with E-state index in [0.717, 1.165) is 0 Å². The second-order valence-electron chi connectivity index (χ2n) is 4.26. The van der Waals surface area contributed by atoms with Gasteiger partial charge in [-0.3, -0.25) is 10.7 Å². The predicted molar refractivity (Wildman–Crippen MR) is 59.2 cm³/mol. The summed E-state index contributed by atoms with van der Waals surface area (Å²) in [5.74, 6) is 2.73. The normalized spacial score (nSPS) is 34.0. The SMILES string of the molecule is C#CCN1C(=O)NC(=N)C12CCOC(C)C2. The topological polar surface area (TPSA) is 65.4 Å². The number of urea groups is 1. The highest BCUT2D eigenvalue weighted by Gasteiger charge is 2.51. The fourth-order valence-corrected chi connectivity index (χ4v) is 2.47. The molecule has 0 aliphatic carbocycles. The summed E-state index contributed by atoms with van der Waals surface area (Å²) in [6, 6.07) is -0.267. The van der Waals surface area contributed by atoms with Gasteiger partial charge in [-0.25, -0.2) is 4.79 Å². The second kappa shape index (κ2) is 3.80. The number of carbonyl (C=O) groups is 1. The average Bonchev–Trinajstić information content (AvgIpc) is 2.44. The zero-order chi connectivity index (χ0) is 11.8. The second-order valence-corrected chi connectivity index (χ2v) is 4.26. The van der Waals surface area contributed by atoms with Crippen molar-refractivity contribution in [3.63, 3.8) is 0 Å². The van der Waals surface area contributed by atoms with Crippen molar-refractivity contribution >= 4 is 11.9 Å². The van der Waals surface area contributed by atoms with Crippen LogP contribution in [0, 0.1) is 17.8 Å². The molecule has 2 N–H and O–H groups in total. The fraction of sp³-hybridized carbons (Fsp3) is 0.636. The third-order valence-corrected chi connectivity index (χ3v) is 3.25. The lowest BCUT2D eigenvalue weighted by atomic mass is 9.85. The Hall–Kier alpha value is -1.54. The summed E-state index contributed by atoms with van der Waals surface area (Å²) in [4.78, 5) is 13.3. The van der Waals surface area contributed by atoms with Crippen molar-refractivity contribution in [3.8, 4) is 12.3 Å². The minimum absolute atomic E-state index is 0.0436. The molecular formula is C11H15N3O2. The summed E-state index contributed by atoms with van der Waals surface area (Å²) in [6.45, 7) is 2.74. The van der Waals surface area contributed by atoms with Gasteiger partial charge in [0.2, 0.25) is 0 Å². The molecule has 2 saturated heterocycles. The number of hydrogen-bond donors (Lipinski definition) is 2. The Morgan fingerprint density at radius 2 is 2.56 bits per heavy atom. The third-order valence-electron chi connectivity index (χ3n) is 3.25. The molecule has 1 spiro atoms. The van der Waals surface area contributed by atoms with E-state index in [1.54, 1.807) is 4.90 Å². The minimum Gasteiger partial charge on any atom is -0.378 e. The Morgan fingerprint density at radius 1 is 1.81 bits per heavy atom. The third kappa shape index (κ3) is 1.46. The molecule has 0 bridgehead atoms. The highest BCUT2D eigenvalue weighted by molar-refractivity contribution is 6.08. The van der Waals surface area contributed by atoms with Gasteiger partial charge < -0.3 is 9.64 Å². The van der Waals surface area contributed by atoms with Crippen LogP contribution in [-0.4, -0.2) is 41.6 Å². The number of hydrogen-bond acceptors (Lipinski definition) is 3. The van der Waals surface area contributed by atoms with E-state index in [2.05, 4.69) is 11.2 Å². The van der Waals surface area contributed by atoms with Crippen LogP contribution < -0.4 is 5.32 Å². The number of amidine groups is 1. The van der Waals surface area contributed by atoms with Crippen LogP contribution >= 0.6 is 0 Å². The zero-order valence-corrected chi connectivity index (χ0v) is 9.25. The highest BCUT2D eigenvalue weighted by atomic mass is 16.5. The lowest BCUT2D eigenvalue weighted by Crippen LogP contribution is -2.54. The molecule has 0 saturated carbocycles. The number of nitrogens with one attached hydrogen (secondary N) is 2. The van der Waals surface area contributed by atoms with Gasteiger partial charge in [0.15, 0.2) is 0 Å². The molecular weight excluding hydrogens is 206 g/mol. The first-order valence-corrected chi connectivity index (χ1v) is 5.33. The number of amides is 2. The summed E-state index contributed by atoms with van der Waals surface area (Å²) >= 11 is 0. The number of ether oxygens (including phenoxy) is 1. The molecule has 2 unspecified atom stereocenters. The molecule has 2 amide bonds. The molecule has 5 heteroatoms. The zero-order valence-electron chi connectivity index (χ0n) is 9.25. The lowest BCUT2D eigenvalue weighted by Gasteiger charge is -2.41. The van der Waals surface area contributed by atoms with Gasteiger partial charge >= 0.3 is 6.03 Å². The quantitative estimate of drug-likeness (QED) is 0.635. The van der Waals surface area contributed by atoms with Crippen molar-refractivity contribution in [3.05, 3.63) is 0 Å². The molecule has 2 fully saturated rings. The van der Waals surface area contributed by atoms with Crippen LogP contribution in [0.5, 0.6) is 0 Å². The van der Waals surface area contributed by atoms with Crippen molar-refractivity contribution in [2.24, 2.45) is 0 Å². The van der Waals surface area contributed by atoms with E-state index in [9.17, 15) is 4.79 Å². The molecule has 2 aliphatic heterocycles. The van der Waals surface area contributed by atoms with Crippen molar-refractivity contribution in [1.29, 1.82) is 5.41 Å². The summed E-state index contributed by atoms with van der Waals surface area (Å²) in [5.41, 5.74) is -0.568. The average molecular weight is 221 g/mol. The molecule has 0 radical (unpaired) electrons. The molecule has 2 aliphatic rings. The molecule has 2 heterocycles. The Labute approximate surface area is 94.6 Å².